The van der Waals surface area contributed by atoms with Gasteiger partial charge in [0.1, 0.15) is 11.1 Å². The molecule has 3 aromatic carbocycles. The lowest BCUT2D eigenvalue weighted by atomic mass is 9.99. The van der Waals surface area contributed by atoms with Gasteiger partial charge in [-0.15, -0.1) is 0 Å². The van der Waals surface area contributed by atoms with Gasteiger partial charge in [0.25, 0.3) is 0 Å². The quantitative estimate of drug-likeness (QED) is 0.265. The summed E-state index contributed by atoms with van der Waals surface area (Å²) in [4.78, 5) is 17.5. The van der Waals surface area contributed by atoms with E-state index in [2.05, 4.69) is 27.3 Å². The molecule has 0 aliphatic heterocycles. The highest BCUT2D eigenvalue weighted by Gasteiger charge is 2.17. The Bertz CT molecular complexity index is 1380. The summed E-state index contributed by atoms with van der Waals surface area (Å²) in [5.41, 5.74) is 6.91. The molecule has 0 radical (unpaired) electrons. The van der Waals surface area contributed by atoms with E-state index in [1.54, 1.807) is 0 Å². The van der Waals surface area contributed by atoms with Crippen LogP contribution in [0.15, 0.2) is 88.4 Å². The highest BCUT2D eigenvalue weighted by atomic mass is 79.9. The second-order valence-corrected chi connectivity index (χ2v) is 9.72. The van der Waals surface area contributed by atoms with E-state index < -0.39 is 0 Å². The van der Waals surface area contributed by atoms with Gasteiger partial charge in [-0.2, -0.15) is 5.26 Å². The molecule has 0 bridgehead atoms. The highest BCUT2D eigenvalue weighted by molar-refractivity contribution is 9.10. The first-order chi connectivity index (χ1) is 16.4. The Kier molecular flexibility index (Phi) is 7.46. The van der Waals surface area contributed by atoms with Crippen molar-refractivity contribution in [2.75, 3.05) is 11.1 Å². The summed E-state index contributed by atoms with van der Waals surface area (Å²) in [6.45, 7) is 4.03. The number of nitrogens with one attached hydrogen (secondary N) is 1. The number of carbonyl (C=O) groups is 1. The van der Waals surface area contributed by atoms with Crippen molar-refractivity contribution in [3.63, 3.8) is 0 Å². The van der Waals surface area contributed by atoms with Gasteiger partial charge in [-0.3, -0.25) is 4.79 Å². The molecular formula is C28H22BrN3OS. The van der Waals surface area contributed by atoms with Crippen LogP contribution in [0.1, 0.15) is 16.7 Å². The van der Waals surface area contributed by atoms with E-state index in [9.17, 15) is 10.1 Å². The van der Waals surface area contributed by atoms with E-state index in [0.717, 1.165) is 38.0 Å². The number of thioether (sulfide) groups is 1. The second-order valence-electron chi connectivity index (χ2n) is 7.90. The fourth-order valence-corrected chi connectivity index (χ4v) is 4.89. The molecule has 4 aromatic rings. The molecule has 0 aliphatic carbocycles. The molecule has 6 heteroatoms. The van der Waals surface area contributed by atoms with Crippen molar-refractivity contribution in [3.8, 4) is 28.5 Å². The number of rotatable bonds is 6. The zero-order valence-corrected chi connectivity index (χ0v) is 21.2. The van der Waals surface area contributed by atoms with Crippen LogP contribution in [0.5, 0.6) is 0 Å². The standard InChI is InChI=1S/C28H22BrN3OS/c1-18-8-11-21(12-9-18)26-15-22(20-6-4-3-5-7-20)23(16-30)28(32-26)34-17-27(33)31-25-13-10-19(2)14-24(25)29/h3-15H,17H2,1-2H3,(H,31,33). The molecule has 1 heterocycles. The number of nitrogens with zero attached hydrogens (tertiary/aromatic N) is 2. The third-order valence-corrected chi connectivity index (χ3v) is 6.90. The van der Waals surface area contributed by atoms with Crippen LogP contribution in [-0.4, -0.2) is 16.6 Å². The zero-order valence-electron chi connectivity index (χ0n) is 18.8. The summed E-state index contributed by atoms with van der Waals surface area (Å²) in [5, 5.41) is 13.5. The van der Waals surface area contributed by atoms with E-state index in [1.165, 1.54) is 11.8 Å². The summed E-state index contributed by atoms with van der Waals surface area (Å²) in [5.74, 6) is -0.0321. The molecule has 34 heavy (non-hydrogen) atoms. The molecule has 0 saturated heterocycles. The van der Waals surface area contributed by atoms with Crippen molar-refractivity contribution in [1.82, 2.24) is 4.98 Å². The van der Waals surface area contributed by atoms with Gasteiger partial charge in [-0.1, -0.05) is 78.0 Å². The van der Waals surface area contributed by atoms with Gasteiger partial charge in [0.2, 0.25) is 5.91 Å². The van der Waals surface area contributed by atoms with Gasteiger partial charge < -0.3 is 5.32 Å². The topological polar surface area (TPSA) is 65.8 Å². The number of carbonyl (C=O) groups excluding carboxylic acids is 1. The molecule has 0 aliphatic rings. The minimum Gasteiger partial charge on any atom is -0.324 e. The predicted octanol–water partition coefficient (Wildman–Crippen LogP) is 7.40. The first-order valence-electron chi connectivity index (χ1n) is 10.7. The molecule has 4 nitrogen and oxygen atoms in total. The fourth-order valence-electron chi connectivity index (χ4n) is 3.49. The minimum atomic E-state index is -0.165. The summed E-state index contributed by atoms with van der Waals surface area (Å²) in [6.07, 6.45) is 0. The van der Waals surface area contributed by atoms with Crippen molar-refractivity contribution in [2.24, 2.45) is 0 Å². The first kappa shape index (κ1) is 23.7. The lowest BCUT2D eigenvalue weighted by Gasteiger charge is -2.13. The summed E-state index contributed by atoms with van der Waals surface area (Å²) in [6, 6.07) is 27.9. The van der Waals surface area contributed by atoms with E-state index in [1.807, 2.05) is 92.7 Å². The molecule has 4 rings (SSSR count). The molecular weight excluding hydrogens is 506 g/mol. The Hall–Kier alpha value is -3.40. The van der Waals surface area contributed by atoms with Gasteiger partial charge in [0, 0.05) is 15.6 Å². The number of halogens is 1. The minimum absolute atomic E-state index is 0.133. The second kappa shape index (κ2) is 10.7. The maximum absolute atomic E-state index is 12.7. The molecule has 0 fully saturated rings. The molecule has 0 unspecified atom stereocenters. The predicted molar refractivity (Wildman–Crippen MR) is 143 cm³/mol. The molecule has 1 amide bonds. The van der Waals surface area contributed by atoms with E-state index in [4.69, 9.17) is 4.98 Å². The van der Waals surface area contributed by atoms with Crippen molar-refractivity contribution in [2.45, 2.75) is 18.9 Å². The Morgan fingerprint density at radius 1 is 0.971 bits per heavy atom. The number of hydrogen-bond donors (Lipinski definition) is 1. The Balaban J connectivity index is 1.67. The van der Waals surface area contributed by atoms with Crippen molar-refractivity contribution in [3.05, 3.63) is 100 Å². The maximum Gasteiger partial charge on any atom is 0.234 e. The van der Waals surface area contributed by atoms with Crippen LogP contribution in [0.3, 0.4) is 0 Å². The van der Waals surface area contributed by atoms with Crippen LogP contribution in [0.4, 0.5) is 5.69 Å². The molecule has 0 atom stereocenters. The summed E-state index contributed by atoms with van der Waals surface area (Å²) >= 11 is 4.76. The average Bonchev–Trinajstić information content (AvgIpc) is 2.85. The van der Waals surface area contributed by atoms with Crippen molar-refractivity contribution >= 4 is 39.3 Å². The highest BCUT2D eigenvalue weighted by Crippen LogP contribution is 2.34. The van der Waals surface area contributed by atoms with E-state index >= 15 is 0 Å². The zero-order chi connectivity index (χ0) is 24.1. The van der Waals surface area contributed by atoms with Gasteiger partial charge in [0.15, 0.2) is 0 Å². The largest absolute Gasteiger partial charge is 0.324 e. The monoisotopic (exact) mass is 527 g/mol. The molecule has 0 spiro atoms. The Morgan fingerprint density at radius 2 is 1.68 bits per heavy atom. The molecule has 0 saturated carbocycles. The molecule has 1 N–H and O–H groups in total. The number of hydrogen-bond acceptors (Lipinski definition) is 4. The van der Waals surface area contributed by atoms with Crippen molar-refractivity contribution in [1.29, 1.82) is 5.26 Å². The SMILES string of the molecule is Cc1ccc(-c2cc(-c3ccccc3)c(C#N)c(SCC(=O)Nc3ccc(C)cc3Br)n2)cc1. The average molecular weight is 528 g/mol. The molecule has 168 valence electrons. The lowest BCUT2D eigenvalue weighted by Crippen LogP contribution is -2.14. The number of anilines is 1. The smallest absolute Gasteiger partial charge is 0.234 e. The van der Waals surface area contributed by atoms with Gasteiger partial charge in [-0.25, -0.2) is 4.98 Å². The van der Waals surface area contributed by atoms with Crippen LogP contribution in [0.2, 0.25) is 0 Å². The Morgan fingerprint density at radius 3 is 2.35 bits per heavy atom. The van der Waals surface area contributed by atoms with Crippen LogP contribution in [0.25, 0.3) is 22.4 Å². The van der Waals surface area contributed by atoms with Crippen LogP contribution >= 0.6 is 27.7 Å². The van der Waals surface area contributed by atoms with Gasteiger partial charge in [0.05, 0.1) is 22.7 Å². The molecule has 1 aromatic heterocycles. The van der Waals surface area contributed by atoms with Crippen LogP contribution in [0, 0.1) is 25.2 Å². The normalized spacial score (nSPS) is 10.5. The maximum atomic E-state index is 12.7. The number of aromatic nitrogens is 1. The third-order valence-electron chi connectivity index (χ3n) is 5.27. The number of nitriles is 1. The third kappa shape index (κ3) is 5.56. The summed E-state index contributed by atoms with van der Waals surface area (Å²) < 4.78 is 0.828. The number of aryl methyl sites for hydroxylation is 2. The van der Waals surface area contributed by atoms with Crippen LogP contribution < -0.4 is 5.32 Å². The van der Waals surface area contributed by atoms with Gasteiger partial charge in [-0.05, 0) is 59.1 Å². The van der Waals surface area contributed by atoms with Crippen LogP contribution in [-0.2, 0) is 4.79 Å². The fraction of sp³-hybridized carbons (Fsp3) is 0.107. The first-order valence-corrected chi connectivity index (χ1v) is 12.5. The lowest BCUT2D eigenvalue weighted by molar-refractivity contribution is -0.113. The summed E-state index contributed by atoms with van der Waals surface area (Å²) in [7, 11) is 0. The van der Waals surface area contributed by atoms with E-state index in [0.29, 0.717) is 16.3 Å². The van der Waals surface area contributed by atoms with E-state index in [-0.39, 0.29) is 11.7 Å². The number of benzene rings is 3. The Labute approximate surface area is 212 Å². The van der Waals surface area contributed by atoms with Gasteiger partial charge >= 0.3 is 0 Å². The van der Waals surface area contributed by atoms with Crippen molar-refractivity contribution < 1.29 is 4.79 Å². The number of pyridine rings is 1. The number of amides is 1.